The molecule has 2 bridgehead atoms. The molecule has 4 rings (SSSR count). The van der Waals surface area contributed by atoms with Crippen molar-refractivity contribution in [3.05, 3.63) is 65.7 Å². The van der Waals surface area contributed by atoms with Crippen molar-refractivity contribution in [2.75, 3.05) is 13.7 Å². The summed E-state index contributed by atoms with van der Waals surface area (Å²) in [4.78, 5) is 52.0. The predicted molar refractivity (Wildman–Crippen MR) is 153 cm³/mol. The lowest BCUT2D eigenvalue weighted by Crippen LogP contribution is -2.56. The van der Waals surface area contributed by atoms with Crippen LogP contribution in [0.25, 0.3) is 0 Å². The van der Waals surface area contributed by atoms with Crippen LogP contribution >= 0.6 is 0 Å². The minimum Gasteiger partial charge on any atom is -0.494 e. The minimum atomic E-state index is -1.03. The fourth-order valence-electron chi connectivity index (χ4n) is 4.53. The number of esters is 1. The summed E-state index contributed by atoms with van der Waals surface area (Å²) < 4.78 is 16.1. The van der Waals surface area contributed by atoms with Crippen LogP contribution in [0.2, 0.25) is 0 Å². The van der Waals surface area contributed by atoms with Gasteiger partial charge in [0, 0.05) is 6.42 Å². The zero-order valence-corrected chi connectivity index (χ0v) is 24.0. The van der Waals surface area contributed by atoms with Gasteiger partial charge in [-0.1, -0.05) is 62.7 Å². The molecule has 0 aliphatic carbocycles. The van der Waals surface area contributed by atoms with E-state index < -0.39 is 42.0 Å². The molecule has 0 radical (unpaired) electrons. The second-order valence-electron chi connectivity index (χ2n) is 10.6. The zero-order valence-electron chi connectivity index (χ0n) is 24.0. The molecule has 222 valence electrons. The fourth-order valence-corrected chi connectivity index (χ4v) is 4.53. The SMILES string of the molecule is COC(=O)[C@@H]1CCCCCOc2ccc(cc2)C[C@H](NC(=O)OCc2ccccc2)C(=O)N[C@@H](CC(C)C)C(=O)N1. The van der Waals surface area contributed by atoms with Crippen LogP contribution in [0.5, 0.6) is 5.75 Å². The number of benzene rings is 2. The molecule has 2 aliphatic rings. The molecular weight excluding hydrogens is 526 g/mol. The molecule has 0 aromatic heterocycles. The molecule has 0 unspecified atom stereocenters. The standard InChI is InChI=1S/C31H41N3O7/c1-21(2)18-26-28(35)32-25(30(37)39-3)12-8-5-9-17-40-24-15-13-22(14-16-24)19-27(29(36)33-26)34-31(38)41-20-23-10-6-4-7-11-23/h4,6-7,10-11,13-16,21,25-27H,5,8-9,12,17-20H2,1-3H3,(H,32,35)(H,33,36)(H,34,38)/t25-,26-,27-/m0/s1. The number of methoxy groups -OCH3 is 1. The average Bonchev–Trinajstić information content (AvgIpc) is 2.96. The number of alkyl carbamates (subject to hydrolysis) is 1. The summed E-state index contributed by atoms with van der Waals surface area (Å²) in [5.41, 5.74) is 1.60. The smallest absolute Gasteiger partial charge is 0.408 e. The highest BCUT2D eigenvalue weighted by Crippen LogP contribution is 2.16. The minimum absolute atomic E-state index is 0.0420. The maximum absolute atomic E-state index is 13.6. The van der Waals surface area contributed by atoms with E-state index in [0.29, 0.717) is 31.6 Å². The summed E-state index contributed by atoms with van der Waals surface area (Å²) in [5, 5.41) is 8.23. The van der Waals surface area contributed by atoms with Gasteiger partial charge in [-0.2, -0.15) is 0 Å². The van der Waals surface area contributed by atoms with Gasteiger partial charge in [0.2, 0.25) is 11.8 Å². The molecule has 0 fully saturated rings. The van der Waals surface area contributed by atoms with E-state index in [9.17, 15) is 19.2 Å². The van der Waals surface area contributed by atoms with Crippen LogP contribution in [0, 0.1) is 5.92 Å². The number of hydrogen-bond acceptors (Lipinski definition) is 7. The number of ether oxygens (including phenoxy) is 3. The summed E-state index contributed by atoms with van der Waals surface area (Å²) in [6.07, 6.45) is 2.41. The van der Waals surface area contributed by atoms with Crippen LogP contribution in [0.3, 0.4) is 0 Å². The van der Waals surface area contributed by atoms with Gasteiger partial charge in [0.05, 0.1) is 13.7 Å². The third-order valence-electron chi connectivity index (χ3n) is 6.73. The van der Waals surface area contributed by atoms with Gasteiger partial charge in [-0.3, -0.25) is 9.59 Å². The molecule has 41 heavy (non-hydrogen) atoms. The first-order chi connectivity index (χ1) is 19.7. The van der Waals surface area contributed by atoms with Crippen molar-refractivity contribution in [1.82, 2.24) is 16.0 Å². The molecule has 10 nitrogen and oxygen atoms in total. The van der Waals surface area contributed by atoms with E-state index >= 15 is 0 Å². The molecule has 2 aromatic rings. The number of fused-ring (bicyclic) bond motifs is 15. The molecule has 0 saturated carbocycles. The average molecular weight is 568 g/mol. The summed E-state index contributed by atoms with van der Waals surface area (Å²) in [7, 11) is 1.28. The number of hydrogen-bond donors (Lipinski definition) is 3. The first-order valence-corrected chi connectivity index (χ1v) is 14.1. The second kappa shape index (κ2) is 16.2. The van der Waals surface area contributed by atoms with Gasteiger partial charge in [0.25, 0.3) is 0 Å². The molecule has 2 aromatic carbocycles. The van der Waals surface area contributed by atoms with Gasteiger partial charge in [0.1, 0.15) is 30.5 Å². The van der Waals surface area contributed by atoms with E-state index in [-0.39, 0.29) is 18.9 Å². The van der Waals surface area contributed by atoms with Gasteiger partial charge >= 0.3 is 12.1 Å². The Morgan fingerprint density at radius 1 is 0.976 bits per heavy atom. The zero-order chi connectivity index (χ0) is 29.6. The number of carbonyl (C=O) groups excluding carboxylic acids is 4. The Morgan fingerprint density at radius 3 is 2.39 bits per heavy atom. The molecule has 0 saturated heterocycles. The Bertz CT molecular complexity index is 1140. The number of nitrogens with one attached hydrogen (secondary N) is 3. The molecule has 2 heterocycles. The van der Waals surface area contributed by atoms with Crippen molar-refractivity contribution in [2.45, 2.75) is 77.1 Å². The maximum Gasteiger partial charge on any atom is 0.408 e. The number of amides is 3. The number of carbonyl (C=O) groups is 4. The van der Waals surface area contributed by atoms with E-state index in [1.165, 1.54) is 7.11 Å². The lowest BCUT2D eigenvalue weighted by molar-refractivity contribution is -0.145. The van der Waals surface area contributed by atoms with Crippen LogP contribution in [0.4, 0.5) is 4.79 Å². The van der Waals surface area contributed by atoms with Gasteiger partial charge in [-0.15, -0.1) is 0 Å². The topological polar surface area (TPSA) is 132 Å². The van der Waals surface area contributed by atoms with Crippen molar-refractivity contribution < 1.29 is 33.4 Å². The van der Waals surface area contributed by atoms with Crippen LogP contribution < -0.4 is 20.7 Å². The molecular formula is C31H41N3O7. The van der Waals surface area contributed by atoms with Crippen LogP contribution in [-0.4, -0.2) is 55.7 Å². The highest BCUT2D eigenvalue weighted by Gasteiger charge is 2.31. The summed E-state index contributed by atoms with van der Waals surface area (Å²) in [6, 6.07) is 13.7. The Balaban J connectivity index is 1.83. The third-order valence-corrected chi connectivity index (χ3v) is 6.73. The molecule has 10 heteroatoms. The lowest BCUT2D eigenvalue weighted by atomic mass is 10.00. The van der Waals surface area contributed by atoms with Crippen molar-refractivity contribution in [3.63, 3.8) is 0 Å². The summed E-state index contributed by atoms with van der Waals surface area (Å²) in [6.45, 7) is 4.41. The van der Waals surface area contributed by atoms with E-state index in [1.807, 2.05) is 68.4 Å². The van der Waals surface area contributed by atoms with Crippen LogP contribution in [0.1, 0.15) is 57.1 Å². The lowest BCUT2D eigenvalue weighted by Gasteiger charge is -2.26. The van der Waals surface area contributed by atoms with Gasteiger partial charge in [-0.05, 0) is 54.9 Å². The van der Waals surface area contributed by atoms with Crippen molar-refractivity contribution in [3.8, 4) is 5.75 Å². The Hall–Kier alpha value is -4.08. The monoisotopic (exact) mass is 567 g/mol. The fraction of sp³-hybridized carbons (Fsp3) is 0.484. The summed E-state index contributed by atoms with van der Waals surface area (Å²) >= 11 is 0. The quantitative estimate of drug-likeness (QED) is 0.454. The predicted octanol–water partition coefficient (Wildman–Crippen LogP) is 3.67. The maximum atomic E-state index is 13.6. The summed E-state index contributed by atoms with van der Waals surface area (Å²) in [5.74, 6) is -0.808. The van der Waals surface area contributed by atoms with Gasteiger partial charge < -0.3 is 30.2 Å². The number of rotatable bonds is 6. The second-order valence-corrected chi connectivity index (χ2v) is 10.6. The van der Waals surface area contributed by atoms with Crippen molar-refractivity contribution in [2.24, 2.45) is 5.92 Å². The van der Waals surface area contributed by atoms with Gasteiger partial charge in [0.15, 0.2) is 0 Å². The molecule has 3 N–H and O–H groups in total. The van der Waals surface area contributed by atoms with E-state index in [1.54, 1.807) is 0 Å². The van der Waals surface area contributed by atoms with E-state index in [0.717, 1.165) is 24.0 Å². The highest BCUT2D eigenvalue weighted by atomic mass is 16.5. The third kappa shape index (κ3) is 10.8. The van der Waals surface area contributed by atoms with Crippen LogP contribution in [0.15, 0.2) is 54.6 Å². The molecule has 2 aliphatic heterocycles. The Labute approximate surface area is 241 Å². The van der Waals surface area contributed by atoms with Crippen LogP contribution in [-0.2, 0) is 36.9 Å². The largest absolute Gasteiger partial charge is 0.494 e. The van der Waals surface area contributed by atoms with E-state index in [4.69, 9.17) is 14.2 Å². The normalized spacial score (nSPS) is 20.5. The first-order valence-electron chi connectivity index (χ1n) is 14.1. The van der Waals surface area contributed by atoms with Crippen molar-refractivity contribution >= 4 is 23.9 Å². The van der Waals surface area contributed by atoms with Crippen molar-refractivity contribution in [1.29, 1.82) is 0 Å². The molecule has 3 amide bonds. The Morgan fingerprint density at radius 2 is 1.71 bits per heavy atom. The first kappa shape index (κ1) is 31.4. The van der Waals surface area contributed by atoms with E-state index in [2.05, 4.69) is 16.0 Å². The van der Waals surface area contributed by atoms with Gasteiger partial charge in [-0.25, -0.2) is 9.59 Å². The molecule has 0 spiro atoms. The Kier molecular flexibility index (Phi) is 12.5. The highest BCUT2D eigenvalue weighted by molar-refractivity contribution is 5.93. The molecule has 3 atom stereocenters.